The van der Waals surface area contributed by atoms with Crippen molar-refractivity contribution in [3.8, 4) is 0 Å². The zero-order valence-corrected chi connectivity index (χ0v) is 29.0. The Balaban J connectivity index is 1.83. The van der Waals surface area contributed by atoms with Gasteiger partial charge >= 0.3 is 0 Å². The molecule has 0 aliphatic heterocycles. The monoisotopic (exact) mass is 719 g/mol. The molecule has 0 aromatic heterocycles. The van der Waals surface area contributed by atoms with Crippen LogP contribution in [0.3, 0.4) is 0 Å². The Hall–Kier alpha value is -3.27. The summed E-state index contributed by atoms with van der Waals surface area (Å²) in [6.45, 7) is 3.54. The highest BCUT2D eigenvalue weighted by Gasteiger charge is 2.35. The van der Waals surface area contributed by atoms with Gasteiger partial charge in [-0.15, -0.1) is 0 Å². The summed E-state index contributed by atoms with van der Waals surface area (Å²) in [5.74, 6) is -0.892. The third kappa shape index (κ3) is 9.39. The minimum Gasteiger partial charge on any atom is -0.354 e. The van der Waals surface area contributed by atoms with Gasteiger partial charge < -0.3 is 10.2 Å². The molecule has 0 radical (unpaired) electrons. The fourth-order valence-electron chi connectivity index (χ4n) is 4.74. The van der Waals surface area contributed by atoms with Crippen molar-refractivity contribution in [1.82, 2.24) is 10.2 Å². The average Bonchev–Trinajstić information content (AvgIpc) is 3.01. The number of hydrogen-bond donors (Lipinski definition) is 1. The zero-order chi connectivity index (χ0) is 33.4. The first kappa shape index (κ1) is 35.6. The second kappa shape index (κ2) is 16.0. The molecule has 0 saturated heterocycles. The number of amides is 2. The first-order valence-corrected chi connectivity index (χ1v) is 17.4. The van der Waals surface area contributed by atoms with Gasteiger partial charge in [-0.25, -0.2) is 8.42 Å². The van der Waals surface area contributed by atoms with Crippen LogP contribution in [0.4, 0.5) is 5.69 Å². The Morgan fingerprint density at radius 2 is 1.39 bits per heavy atom. The predicted octanol–water partition coefficient (Wildman–Crippen LogP) is 7.91. The van der Waals surface area contributed by atoms with E-state index in [4.69, 9.17) is 46.4 Å². The zero-order valence-electron chi connectivity index (χ0n) is 25.2. The minimum absolute atomic E-state index is 0.0401. The maximum absolute atomic E-state index is 14.5. The molecule has 1 atom stereocenters. The van der Waals surface area contributed by atoms with Crippen molar-refractivity contribution in [3.05, 3.63) is 128 Å². The van der Waals surface area contributed by atoms with Crippen molar-refractivity contribution in [2.75, 3.05) is 17.4 Å². The van der Waals surface area contributed by atoms with E-state index in [1.54, 1.807) is 36.4 Å². The van der Waals surface area contributed by atoms with Gasteiger partial charge in [-0.1, -0.05) is 115 Å². The van der Waals surface area contributed by atoms with Crippen LogP contribution in [0.1, 0.15) is 25.0 Å². The van der Waals surface area contributed by atoms with Crippen LogP contribution < -0.4 is 9.62 Å². The molecular weight excluding hydrogens is 688 g/mol. The van der Waals surface area contributed by atoms with Gasteiger partial charge in [0.05, 0.1) is 10.6 Å². The molecule has 7 nitrogen and oxygen atoms in total. The Bertz CT molecular complexity index is 1750. The topological polar surface area (TPSA) is 86.8 Å². The summed E-state index contributed by atoms with van der Waals surface area (Å²) in [4.78, 5) is 29.7. The maximum Gasteiger partial charge on any atom is 0.264 e. The molecule has 0 bridgehead atoms. The van der Waals surface area contributed by atoms with Gasteiger partial charge in [-0.2, -0.15) is 0 Å². The summed E-state index contributed by atoms with van der Waals surface area (Å²) in [5, 5.41) is 4.01. The van der Waals surface area contributed by atoms with E-state index in [0.717, 1.165) is 9.87 Å². The van der Waals surface area contributed by atoms with E-state index in [1.165, 1.54) is 35.2 Å². The molecule has 0 saturated carbocycles. The summed E-state index contributed by atoms with van der Waals surface area (Å²) < 4.78 is 29.1. The van der Waals surface area contributed by atoms with E-state index < -0.39 is 28.5 Å². The number of rotatable bonds is 13. The number of sulfonamides is 1. The number of nitrogens with zero attached hydrogens (tertiary/aromatic N) is 2. The van der Waals surface area contributed by atoms with Crippen LogP contribution in [0.5, 0.6) is 0 Å². The van der Waals surface area contributed by atoms with Gasteiger partial charge in [-0.05, 0) is 59.5 Å². The average molecular weight is 722 g/mol. The van der Waals surface area contributed by atoms with Crippen LogP contribution in [0.25, 0.3) is 0 Å². The first-order valence-electron chi connectivity index (χ1n) is 14.4. The van der Waals surface area contributed by atoms with Crippen LogP contribution in [0.2, 0.25) is 20.1 Å². The highest BCUT2D eigenvalue weighted by molar-refractivity contribution is 7.92. The first-order chi connectivity index (χ1) is 21.8. The molecule has 0 unspecified atom stereocenters. The standard InChI is InChI=1S/C34H33Cl4N3O4S/c1-23(2)20-39-34(43)32(15-24-9-5-3-6-10-24)40(21-25-13-14-26(35)19-31(25)38)33(42)22-41(29-17-27(36)16-28(37)18-29)46(44,45)30-11-7-4-8-12-30/h3-14,16-19,23,32H,15,20-22H2,1-2H3,(H,39,43)/t32-/m0/s1. The smallest absolute Gasteiger partial charge is 0.264 e. The van der Waals surface area contributed by atoms with E-state index >= 15 is 0 Å². The number of nitrogens with one attached hydrogen (secondary N) is 1. The number of carbonyl (C=O) groups excluding carboxylic acids is 2. The second-order valence-corrected chi connectivity index (χ2v) is 14.6. The van der Waals surface area contributed by atoms with E-state index in [2.05, 4.69) is 5.32 Å². The Morgan fingerprint density at radius 1 is 0.783 bits per heavy atom. The molecule has 0 fully saturated rings. The van der Waals surface area contributed by atoms with Crippen molar-refractivity contribution in [3.63, 3.8) is 0 Å². The minimum atomic E-state index is -4.30. The normalized spacial score (nSPS) is 12.1. The Kier molecular flexibility index (Phi) is 12.4. The fraction of sp³-hybridized carbons (Fsp3) is 0.235. The number of halogens is 4. The van der Waals surface area contributed by atoms with E-state index in [1.807, 2.05) is 44.2 Å². The lowest BCUT2D eigenvalue weighted by Crippen LogP contribution is -2.53. The van der Waals surface area contributed by atoms with Crippen molar-refractivity contribution >= 4 is 73.9 Å². The van der Waals surface area contributed by atoms with Gasteiger partial charge in [0.25, 0.3) is 10.0 Å². The number of hydrogen-bond acceptors (Lipinski definition) is 4. The molecule has 1 N–H and O–H groups in total. The molecule has 0 spiro atoms. The van der Waals surface area contributed by atoms with Gasteiger partial charge in [0.2, 0.25) is 11.8 Å². The number of carbonyl (C=O) groups is 2. The lowest BCUT2D eigenvalue weighted by molar-refractivity contribution is -0.140. The van der Waals surface area contributed by atoms with Gasteiger partial charge in [0.1, 0.15) is 12.6 Å². The molecule has 242 valence electrons. The van der Waals surface area contributed by atoms with Gasteiger partial charge in [0.15, 0.2) is 0 Å². The van der Waals surface area contributed by atoms with E-state index in [0.29, 0.717) is 22.2 Å². The fourth-order valence-corrected chi connectivity index (χ4v) is 7.14. The van der Waals surface area contributed by atoms with Crippen LogP contribution >= 0.6 is 46.4 Å². The van der Waals surface area contributed by atoms with Crippen LogP contribution in [0, 0.1) is 5.92 Å². The Labute approximate surface area is 290 Å². The molecule has 12 heteroatoms. The molecule has 0 heterocycles. The highest BCUT2D eigenvalue weighted by atomic mass is 35.5. The quantitative estimate of drug-likeness (QED) is 0.152. The van der Waals surface area contributed by atoms with E-state index in [-0.39, 0.29) is 45.4 Å². The third-order valence-corrected chi connectivity index (χ3v) is 9.87. The highest BCUT2D eigenvalue weighted by Crippen LogP contribution is 2.31. The molecule has 4 aromatic carbocycles. The Morgan fingerprint density at radius 3 is 1.98 bits per heavy atom. The second-order valence-electron chi connectivity index (χ2n) is 11.1. The molecule has 2 amide bonds. The molecule has 46 heavy (non-hydrogen) atoms. The van der Waals surface area contributed by atoms with Gasteiger partial charge in [-0.3, -0.25) is 13.9 Å². The van der Waals surface area contributed by atoms with Crippen molar-refractivity contribution < 1.29 is 18.0 Å². The lowest BCUT2D eigenvalue weighted by atomic mass is 10.0. The molecular formula is C34H33Cl4N3O4S. The van der Waals surface area contributed by atoms with Crippen molar-refractivity contribution in [2.24, 2.45) is 5.92 Å². The summed E-state index contributed by atoms with van der Waals surface area (Å²) in [6.07, 6.45) is 0.163. The maximum atomic E-state index is 14.5. The van der Waals surface area contributed by atoms with Crippen LogP contribution in [-0.2, 0) is 32.6 Å². The molecule has 0 aliphatic rings. The van der Waals surface area contributed by atoms with Crippen LogP contribution in [-0.4, -0.2) is 44.3 Å². The predicted molar refractivity (Wildman–Crippen MR) is 186 cm³/mol. The summed E-state index contributed by atoms with van der Waals surface area (Å²) in [5.41, 5.74) is 1.42. The molecule has 4 rings (SSSR count). The van der Waals surface area contributed by atoms with Crippen LogP contribution in [0.15, 0.2) is 102 Å². The lowest BCUT2D eigenvalue weighted by Gasteiger charge is -2.34. The summed E-state index contributed by atoms with van der Waals surface area (Å²) in [6, 6.07) is 25.1. The van der Waals surface area contributed by atoms with Gasteiger partial charge in [0, 0.05) is 39.6 Å². The molecule has 4 aromatic rings. The van der Waals surface area contributed by atoms with Crippen molar-refractivity contribution in [1.29, 1.82) is 0 Å². The summed E-state index contributed by atoms with van der Waals surface area (Å²) in [7, 11) is -4.30. The van der Waals surface area contributed by atoms with Crippen molar-refractivity contribution in [2.45, 2.75) is 37.8 Å². The third-order valence-electron chi connectivity index (χ3n) is 7.06. The summed E-state index contributed by atoms with van der Waals surface area (Å²) >= 11 is 25.3. The number of anilines is 1. The molecule has 0 aliphatic carbocycles. The largest absolute Gasteiger partial charge is 0.354 e. The SMILES string of the molecule is CC(C)CNC(=O)[C@H](Cc1ccccc1)N(Cc1ccc(Cl)cc1Cl)C(=O)CN(c1cc(Cl)cc(Cl)c1)S(=O)(=O)c1ccccc1. The van der Waals surface area contributed by atoms with E-state index in [9.17, 15) is 18.0 Å². The number of benzene rings is 4.